The van der Waals surface area contributed by atoms with E-state index >= 15 is 0 Å². The van der Waals surface area contributed by atoms with Gasteiger partial charge in [0.05, 0.1) is 11.3 Å². The summed E-state index contributed by atoms with van der Waals surface area (Å²) in [5.41, 5.74) is 0.230. The fourth-order valence-corrected chi connectivity index (χ4v) is 3.92. The number of ether oxygens (including phenoxy) is 1. The summed E-state index contributed by atoms with van der Waals surface area (Å²) in [5.74, 6) is -0.599. The zero-order valence-electron chi connectivity index (χ0n) is 14.3. The predicted octanol–water partition coefficient (Wildman–Crippen LogP) is 3.40. The smallest absolute Gasteiger partial charge is 0.276 e. The number of anilines is 1. The minimum absolute atomic E-state index is 0.0750. The molecule has 0 aliphatic carbocycles. The van der Waals surface area contributed by atoms with E-state index in [1.807, 2.05) is 6.92 Å². The zero-order valence-corrected chi connectivity index (χ0v) is 15.1. The molecule has 0 fully saturated rings. The molecule has 0 saturated heterocycles. The van der Waals surface area contributed by atoms with E-state index in [-0.39, 0.29) is 33.5 Å². The molecule has 3 heterocycles. The molecule has 8 heteroatoms. The predicted molar refractivity (Wildman–Crippen MR) is 96.3 cm³/mol. The van der Waals surface area contributed by atoms with Gasteiger partial charge >= 0.3 is 0 Å². The van der Waals surface area contributed by atoms with Gasteiger partial charge in [0.15, 0.2) is 6.10 Å². The number of carbonyl (C=O) groups is 1. The summed E-state index contributed by atoms with van der Waals surface area (Å²) >= 11 is 6.39. The fourth-order valence-electron chi connectivity index (χ4n) is 3.57. The average Bonchev–Trinajstić information content (AvgIpc) is 2.87. The van der Waals surface area contributed by atoms with Crippen LogP contribution in [-0.2, 0) is 17.9 Å². The van der Waals surface area contributed by atoms with Gasteiger partial charge in [-0.1, -0.05) is 24.9 Å². The van der Waals surface area contributed by atoms with Gasteiger partial charge in [-0.05, 0) is 25.3 Å². The molecule has 1 unspecified atom stereocenters. The molecule has 1 N–H and O–H groups in total. The van der Waals surface area contributed by atoms with Crippen LogP contribution in [0.1, 0.15) is 32.6 Å². The van der Waals surface area contributed by atoms with E-state index < -0.39 is 11.9 Å². The van der Waals surface area contributed by atoms with Crippen molar-refractivity contribution in [3.8, 4) is 16.9 Å². The summed E-state index contributed by atoms with van der Waals surface area (Å²) in [5, 5.41) is 2.97. The van der Waals surface area contributed by atoms with Crippen molar-refractivity contribution in [2.45, 2.75) is 51.8 Å². The molecule has 6 nitrogen and oxygen atoms in total. The highest BCUT2D eigenvalue weighted by molar-refractivity contribution is 6.32. The van der Waals surface area contributed by atoms with Crippen molar-refractivity contribution >= 4 is 23.2 Å². The van der Waals surface area contributed by atoms with Crippen LogP contribution in [0.2, 0.25) is 5.15 Å². The molecule has 0 bridgehead atoms. The third-order valence-electron chi connectivity index (χ3n) is 4.87. The number of fused-ring (bicyclic) bond motifs is 2. The number of nitrogens with zero attached hydrogens (tertiary/aromatic N) is 2. The van der Waals surface area contributed by atoms with Crippen LogP contribution in [0.3, 0.4) is 0 Å². The lowest BCUT2D eigenvalue weighted by Crippen LogP contribution is -2.36. The molecule has 138 valence electrons. The molecule has 0 radical (unpaired) electrons. The molecule has 4 rings (SSSR count). The van der Waals surface area contributed by atoms with Crippen LogP contribution < -0.4 is 15.6 Å². The first-order valence-corrected chi connectivity index (χ1v) is 9.19. The lowest BCUT2D eigenvalue weighted by atomic mass is 10.0. The minimum Gasteiger partial charge on any atom is -0.478 e. The fraction of sp³-hybridized carbons (Fsp3) is 0.444. The third kappa shape index (κ3) is 2.61. The molecule has 0 spiro atoms. The number of hydrogen-bond donors (Lipinski definition) is 1. The Balaban J connectivity index is 1.81. The van der Waals surface area contributed by atoms with E-state index in [0.717, 1.165) is 19.3 Å². The van der Waals surface area contributed by atoms with E-state index in [4.69, 9.17) is 16.3 Å². The topological polar surface area (TPSA) is 65.3 Å². The summed E-state index contributed by atoms with van der Waals surface area (Å²) in [6.07, 6.45) is 2.50. The van der Waals surface area contributed by atoms with Gasteiger partial charge in [0.25, 0.3) is 11.5 Å². The van der Waals surface area contributed by atoms with E-state index in [1.54, 1.807) is 9.36 Å². The highest BCUT2D eigenvalue weighted by Gasteiger charge is 2.30. The molecule has 2 aliphatic rings. The quantitative estimate of drug-likeness (QED) is 0.888. The minimum atomic E-state index is -0.631. The molecule has 26 heavy (non-hydrogen) atoms. The Kier molecular flexibility index (Phi) is 4.26. The zero-order chi connectivity index (χ0) is 18.4. The van der Waals surface area contributed by atoms with Crippen LogP contribution in [0, 0.1) is 5.82 Å². The molecule has 2 aromatic rings. The Morgan fingerprint density at radius 1 is 1.27 bits per heavy atom. The highest BCUT2D eigenvalue weighted by atomic mass is 35.5. The number of rotatable bonds is 3. The average molecular weight is 380 g/mol. The van der Waals surface area contributed by atoms with Gasteiger partial charge in [0, 0.05) is 24.7 Å². The molecule has 1 atom stereocenters. The second-order valence-electron chi connectivity index (χ2n) is 6.64. The van der Waals surface area contributed by atoms with Crippen LogP contribution in [0.5, 0.6) is 5.75 Å². The Bertz CT molecular complexity index is 950. The lowest BCUT2D eigenvalue weighted by Gasteiger charge is -2.26. The van der Waals surface area contributed by atoms with E-state index in [9.17, 15) is 14.0 Å². The summed E-state index contributed by atoms with van der Waals surface area (Å²) in [6, 6.07) is 2.64. The number of nitrogens with one attached hydrogen (secondary N) is 1. The van der Waals surface area contributed by atoms with Gasteiger partial charge in [-0.3, -0.25) is 14.3 Å². The Morgan fingerprint density at radius 3 is 2.69 bits per heavy atom. The maximum absolute atomic E-state index is 14.8. The summed E-state index contributed by atoms with van der Waals surface area (Å²) in [6.45, 7) is 3.13. The van der Waals surface area contributed by atoms with Gasteiger partial charge in [-0.2, -0.15) is 0 Å². The van der Waals surface area contributed by atoms with Crippen LogP contribution in [0.25, 0.3) is 11.1 Å². The maximum Gasteiger partial charge on any atom is 0.276 e. The summed E-state index contributed by atoms with van der Waals surface area (Å²) in [4.78, 5) is 24.9. The Hall–Kier alpha value is -2.28. The van der Waals surface area contributed by atoms with E-state index in [1.165, 1.54) is 12.1 Å². The van der Waals surface area contributed by atoms with Crippen molar-refractivity contribution in [2.75, 3.05) is 5.32 Å². The molecule has 1 amide bonds. The van der Waals surface area contributed by atoms with Crippen LogP contribution in [0.4, 0.5) is 10.1 Å². The molecule has 1 aromatic heterocycles. The number of benzene rings is 1. The Morgan fingerprint density at radius 2 is 2.00 bits per heavy atom. The van der Waals surface area contributed by atoms with Gasteiger partial charge in [-0.25, -0.2) is 9.07 Å². The van der Waals surface area contributed by atoms with Crippen molar-refractivity contribution in [2.24, 2.45) is 0 Å². The monoisotopic (exact) mass is 379 g/mol. The number of carbonyl (C=O) groups excluding carboxylic acids is 1. The van der Waals surface area contributed by atoms with Crippen molar-refractivity contribution in [3.05, 3.63) is 33.5 Å². The summed E-state index contributed by atoms with van der Waals surface area (Å²) < 4.78 is 23.7. The van der Waals surface area contributed by atoms with Crippen molar-refractivity contribution < 1.29 is 13.9 Å². The first-order chi connectivity index (χ1) is 12.5. The van der Waals surface area contributed by atoms with Crippen molar-refractivity contribution in [1.82, 2.24) is 9.36 Å². The van der Waals surface area contributed by atoms with E-state index in [0.29, 0.717) is 25.2 Å². The van der Waals surface area contributed by atoms with Gasteiger partial charge in [0.2, 0.25) is 0 Å². The first-order valence-electron chi connectivity index (χ1n) is 8.81. The second kappa shape index (κ2) is 6.46. The maximum atomic E-state index is 14.8. The highest BCUT2D eigenvalue weighted by Crippen LogP contribution is 2.38. The molecule has 2 aliphatic heterocycles. The van der Waals surface area contributed by atoms with Gasteiger partial charge < -0.3 is 10.1 Å². The number of halogens is 2. The molecule has 0 saturated carbocycles. The number of aromatic nitrogens is 2. The number of amides is 1. The Labute approximate surface area is 154 Å². The first kappa shape index (κ1) is 17.1. The molecule has 1 aromatic carbocycles. The second-order valence-corrected chi connectivity index (χ2v) is 6.99. The SMILES string of the molecule is CCCC1Oc2cc(F)c(-c3c(Cl)n4n(c3=O)CCCC4)cc2NC1=O. The molecular formula is C18H19ClFN3O3. The van der Waals surface area contributed by atoms with Gasteiger partial charge in [0.1, 0.15) is 16.7 Å². The normalized spacial score (nSPS) is 18.7. The van der Waals surface area contributed by atoms with Crippen molar-refractivity contribution in [3.63, 3.8) is 0 Å². The van der Waals surface area contributed by atoms with Gasteiger partial charge in [-0.15, -0.1) is 0 Å². The number of hydrogen-bond acceptors (Lipinski definition) is 3. The van der Waals surface area contributed by atoms with Crippen LogP contribution in [-0.4, -0.2) is 21.4 Å². The third-order valence-corrected chi connectivity index (χ3v) is 5.26. The lowest BCUT2D eigenvalue weighted by molar-refractivity contribution is -0.123. The molecular weight excluding hydrogens is 361 g/mol. The van der Waals surface area contributed by atoms with E-state index in [2.05, 4.69) is 5.32 Å². The van der Waals surface area contributed by atoms with Crippen LogP contribution in [0.15, 0.2) is 16.9 Å². The summed E-state index contributed by atoms with van der Waals surface area (Å²) in [7, 11) is 0. The standard InChI is InChI=1S/C18H19ClFN3O3/c1-2-5-13-17(24)21-12-8-10(11(20)9-14(12)26-13)15-16(19)22-6-3-4-7-23(22)18(15)25/h8-9,13H,2-7H2,1H3,(H,21,24). The largest absolute Gasteiger partial charge is 0.478 e. The van der Waals surface area contributed by atoms with Crippen molar-refractivity contribution in [1.29, 1.82) is 0 Å². The van der Waals surface area contributed by atoms with Crippen LogP contribution >= 0.6 is 11.6 Å².